The Morgan fingerprint density at radius 3 is 2.69 bits per heavy atom. The highest BCUT2D eigenvalue weighted by molar-refractivity contribution is 7.14. The van der Waals surface area contributed by atoms with Gasteiger partial charge in [0.05, 0.1) is 5.00 Å². The molecule has 1 aliphatic heterocycles. The Kier molecular flexibility index (Phi) is 5.72. The number of nitrogens with one attached hydrogen (secondary N) is 2. The average molecular weight is 374 g/mol. The number of pyridine rings is 1. The largest absolute Gasteiger partial charge is 0.338 e. The van der Waals surface area contributed by atoms with Gasteiger partial charge in [0.1, 0.15) is 5.56 Å². The predicted molar refractivity (Wildman–Crippen MR) is 102 cm³/mol. The zero-order valence-corrected chi connectivity index (χ0v) is 15.4. The monoisotopic (exact) mass is 374 g/mol. The fourth-order valence-corrected chi connectivity index (χ4v) is 3.63. The van der Waals surface area contributed by atoms with E-state index in [-0.39, 0.29) is 23.1 Å². The first-order chi connectivity index (χ1) is 12.5. The Hall–Kier alpha value is -2.61. The first-order valence-electron chi connectivity index (χ1n) is 8.58. The van der Waals surface area contributed by atoms with Gasteiger partial charge in [0, 0.05) is 32.9 Å². The maximum Gasteiger partial charge on any atom is 0.319 e. The number of thiophene rings is 1. The van der Waals surface area contributed by atoms with Crippen LogP contribution in [0.4, 0.5) is 9.80 Å². The molecule has 1 fully saturated rings. The molecule has 0 unspecified atom stereocenters. The molecule has 0 aromatic carbocycles. The Balaban J connectivity index is 1.46. The van der Waals surface area contributed by atoms with Gasteiger partial charge < -0.3 is 14.8 Å². The second-order valence-electron chi connectivity index (χ2n) is 6.39. The number of likely N-dealkylation sites (tertiary alicyclic amines) is 1. The fourth-order valence-electron chi connectivity index (χ4n) is 3.01. The number of hydrogen-bond donors (Lipinski definition) is 2. The van der Waals surface area contributed by atoms with Crippen molar-refractivity contribution in [2.24, 2.45) is 13.0 Å². The lowest BCUT2D eigenvalue weighted by molar-refractivity contribution is 0.0688. The molecular formula is C18H22N4O3S. The van der Waals surface area contributed by atoms with Gasteiger partial charge in [-0.2, -0.15) is 0 Å². The van der Waals surface area contributed by atoms with E-state index < -0.39 is 0 Å². The summed E-state index contributed by atoms with van der Waals surface area (Å²) >= 11 is 1.47. The summed E-state index contributed by atoms with van der Waals surface area (Å²) in [7, 11) is 1.64. The molecule has 2 aromatic heterocycles. The zero-order chi connectivity index (χ0) is 18.5. The summed E-state index contributed by atoms with van der Waals surface area (Å²) in [5.74, 6) is 0.111. The van der Waals surface area contributed by atoms with E-state index >= 15 is 0 Å². The third kappa shape index (κ3) is 4.32. The lowest BCUT2D eigenvalue weighted by Crippen LogP contribution is -2.43. The Bertz CT molecular complexity index is 823. The van der Waals surface area contributed by atoms with Gasteiger partial charge in [-0.05, 0) is 48.4 Å². The smallest absolute Gasteiger partial charge is 0.319 e. The van der Waals surface area contributed by atoms with Gasteiger partial charge >= 0.3 is 6.03 Å². The number of carbonyl (C=O) groups excluding carboxylic acids is 2. The van der Waals surface area contributed by atoms with Crippen molar-refractivity contribution in [1.82, 2.24) is 14.8 Å². The average Bonchev–Trinajstić information content (AvgIpc) is 3.15. The molecule has 0 aliphatic carbocycles. The summed E-state index contributed by atoms with van der Waals surface area (Å²) < 4.78 is 1.41. The third-order valence-electron chi connectivity index (χ3n) is 4.56. The molecule has 0 spiro atoms. The Morgan fingerprint density at radius 1 is 1.23 bits per heavy atom. The molecule has 8 heteroatoms. The van der Waals surface area contributed by atoms with E-state index in [0.717, 1.165) is 17.8 Å². The standard InChI is InChI=1S/C18H22N4O3S/c1-21-8-2-4-14(16(21)23)17(24)22-9-6-13(7-10-22)12-19-18(25)20-15-5-3-11-26-15/h2-5,8,11,13H,6-7,9-10,12H2,1H3,(H2,19,20,25). The number of nitrogens with zero attached hydrogens (tertiary/aromatic N) is 2. The highest BCUT2D eigenvalue weighted by Crippen LogP contribution is 2.18. The first-order valence-corrected chi connectivity index (χ1v) is 9.46. The highest BCUT2D eigenvalue weighted by Gasteiger charge is 2.25. The molecule has 0 atom stereocenters. The number of aryl methyl sites for hydroxylation is 1. The number of anilines is 1. The topological polar surface area (TPSA) is 83.4 Å². The van der Waals surface area contributed by atoms with Gasteiger partial charge in [0.2, 0.25) is 0 Å². The molecule has 26 heavy (non-hydrogen) atoms. The van der Waals surface area contributed by atoms with E-state index in [2.05, 4.69) is 10.6 Å². The SMILES string of the molecule is Cn1cccc(C(=O)N2CCC(CNC(=O)Nc3cccs3)CC2)c1=O. The molecule has 7 nitrogen and oxygen atoms in total. The summed E-state index contributed by atoms with van der Waals surface area (Å²) in [5, 5.41) is 8.39. The van der Waals surface area contributed by atoms with Crippen molar-refractivity contribution in [1.29, 1.82) is 0 Å². The van der Waals surface area contributed by atoms with Crippen LogP contribution in [-0.4, -0.2) is 41.0 Å². The quantitative estimate of drug-likeness (QED) is 0.860. The number of aromatic nitrogens is 1. The van der Waals surface area contributed by atoms with E-state index in [4.69, 9.17) is 0 Å². The van der Waals surface area contributed by atoms with Crippen molar-refractivity contribution in [3.8, 4) is 0 Å². The van der Waals surface area contributed by atoms with Gasteiger partial charge in [-0.25, -0.2) is 4.79 Å². The molecule has 3 rings (SSSR count). The molecule has 1 aliphatic rings. The lowest BCUT2D eigenvalue weighted by atomic mass is 9.96. The van der Waals surface area contributed by atoms with Crippen LogP contribution in [0, 0.1) is 5.92 Å². The van der Waals surface area contributed by atoms with Crippen molar-refractivity contribution in [3.05, 3.63) is 51.8 Å². The minimum Gasteiger partial charge on any atom is -0.338 e. The van der Waals surface area contributed by atoms with Crippen molar-refractivity contribution >= 4 is 28.3 Å². The summed E-state index contributed by atoms with van der Waals surface area (Å²) in [4.78, 5) is 38.2. The van der Waals surface area contributed by atoms with Crippen molar-refractivity contribution < 1.29 is 9.59 Å². The van der Waals surface area contributed by atoms with Crippen LogP contribution in [0.15, 0.2) is 40.6 Å². The van der Waals surface area contributed by atoms with Gasteiger partial charge in [0.25, 0.3) is 11.5 Å². The van der Waals surface area contributed by atoms with Crippen molar-refractivity contribution in [3.63, 3.8) is 0 Å². The van der Waals surface area contributed by atoms with Gasteiger partial charge in [-0.15, -0.1) is 11.3 Å². The Labute approximate surface area is 155 Å². The molecule has 3 heterocycles. The van der Waals surface area contributed by atoms with Gasteiger partial charge in [-0.3, -0.25) is 14.9 Å². The maximum absolute atomic E-state index is 12.6. The second kappa shape index (κ2) is 8.18. The van der Waals surface area contributed by atoms with Crippen LogP contribution in [-0.2, 0) is 7.05 Å². The van der Waals surface area contributed by atoms with E-state index in [9.17, 15) is 14.4 Å². The normalized spacial score (nSPS) is 14.9. The van der Waals surface area contributed by atoms with Crippen molar-refractivity contribution in [2.45, 2.75) is 12.8 Å². The van der Waals surface area contributed by atoms with E-state index in [1.807, 2.05) is 17.5 Å². The fraction of sp³-hybridized carbons (Fsp3) is 0.389. The second-order valence-corrected chi connectivity index (χ2v) is 7.33. The molecule has 0 radical (unpaired) electrons. The third-order valence-corrected chi connectivity index (χ3v) is 5.35. The molecule has 2 aromatic rings. The van der Waals surface area contributed by atoms with Crippen LogP contribution < -0.4 is 16.2 Å². The number of carbonyl (C=O) groups is 2. The highest BCUT2D eigenvalue weighted by atomic mass is 32.1. The number of piperidine rings is 1. The molecule has 0 bridgehead atoms. The van der Waals surface area contributed by atoms with E-state index in [1.165, 1.54) is 15.9 Å². The van der Waals surface area contributed by atoms with Gasteiger partial charge in [-0.1, -0.05) is 0 Å². The molecule has 0 saturated carbocycles. The number of amides is 3. The summed E-state index contributed by atoms with van der Waals surface area (Å²) in [6.07, 6.45) is 3.24. The molecule has 138 valence electrons. The summed E-state index contributed by atoms with van der Waals surface area (Å²) in [6.45, 7) is 1.76. The molecular weight excluding hydrogens is 352 g/mol. The number of rotatable bonds is 4. The number of hydrogen-bond acceptors (Lipinski definition) is 4. The summed E-state index contributed by atoms with van der Waals surface area (Å²) in [6, 6.07) is 6.80. The van der Waals surface area contributed by atoms with E-state index in [0.29, 0.717) is 25.6 Å². The van der Waals surface area contributed by atoms with Crippen LogP contribution in [0.25, 0.3) is 0 Å². The molecule has 2 N–H and O–H groups in total. The van der Waals surface area contributed by atoms with Gasteiger partial charge in [0.15, 0.2) is 0 Å². The minimum atomic E-state index is -0.272. The van der Waals surface area contributed by atoms with Crippen LogP contribution in [0.3, 0.4) is 0 Å². The van der Waals surface area contributed by atoms with Crippen LogP contribution in [0.5, 0.6) is 0 Å². The van der Waals surface area contributed by atoms with Crippen LogP contribution in [0.2, 0.25) is 0 Å². The first kappa shape index (κ1) is 18.2. The maximum atomic E-state index is 12.6. The van der Waals surface area contributed by atoms with Crippen molar-refractivity contribution in [2.75, 3.05) is 25.0 Å². The zero-order valence-electron chi connectivity index (χ0n) is 14.6. The molecule has 1 saturated heterocycles. The number of urea groups is 1. The summed E-state index contributed by atoms with van der Waals surface area (Å²) in [5.41, 5.74) is -0.0616. The Morgan fingerprint density at radius 2 is 2.00 bits per heavy atom. The minimum absolute atomic E-state index is 0.210. The van der Waals surface area contributed by atoms with E-state index in [1.54, 1.807) is 30.3 Å². The lowest BCUT2D eigenvalue weighted by Gasteiger charge is -2.32. The van der Waals surface area contributed by atoms with Crippen LogP contribution >= 0.6 is 11.3 Å². The van der Waals surface area contributed by atoms with Crippen LogP contribution in [0.1, 0.15) is 23.2 Å². The molecule has 3 amide bonds. The predicted octanol–water partition coefficient (Wildman–Crippen LogP) is 2.12.